The number of carbonyl (C=O) groups is 2. The van der Waals surface area contributed by atoms with Crippen molar-refractivity contribution < 1.29 is 14.3 Å². The van der Waals surface area contributed by atoms with Crippen LogP contribution in [0.25, 0.3) is 6.08 Å². The minimum absolute atomic E-state index is 0.305. The number of aryl methyl sites for hydroxylation is 1. The van der Waals surface area contributed by atoms with Crippen molar-refractivity contribution >= 4 is 29.4 Å². The minimum Gasteiger partial charge on any atom is -0.493 e. The number of carbonyl (C=O) groups excluding carboxylic acids is 2. The number of fused-ring (bicyclic) bond motifs is 1. The summed E-state index contributed by atoms with van der Waals surface area (Å²) in [4.78, 5) is 21.9. The predicted octanol–water partition coefficient (Wildman–Crippen LogP) is 2.36. The standard InChI is InChI=1S/C13H13NO3S/c14-13(16)18-11(8-15)7-9-3-4-12-10(6-9)2-1-5-17-12/h3-4,6-8H,1-2,5H2,(H2,14,16)/b11-7-. The molecule has 1 aromatic rings. The molecule has 0 spiro atoms. The zero-order valence-electron chi connectivity index (χ0n) is 9.72. The summed E-state index contributed by atoms with van der Waals surface area (Å²) < 4.78 is 5.50. The van der Waals surface area contributed by atoms with Gasteiger partial charge in [0.2, 0.25) is 0 Å². The van der Waals surface area contributed by atoms with Crippen molar-refractivity contribution in [1.82, 2.24) is 0 Å². The van der Waals surface area contributed by atoms with E-state index in [1.165, 1.54) is 0 Å². The molecule has 1 heterocycles. The van der Waals surface area contributed by atoms with Gasteiger partial charge in [-0.1, -0.05) is 6.07 Å². The van der Waals surface area contributed by atoms with Crippen molar-refractivity contribution in [2.75, 3.05) is 6.61 Å². The van der Waals surface area contributed by atoms with Gasteiger partial charge in [-0.05, 0) is 53.9 Å². The highest BCUT2D eigenvalue weighted by Crippen LogP contribution is 2.27. The number of amides is 1. The highest BCUT2D eigenvalue weighted by atomic mass is 32.2. The SMILES string of the molecule is NC(=O)S/C(C=O)=C\c1ccc2c(c1)CCCO2. The van der Waals surface area contributed by atoms with Gasteiger partial charge in [-0.25, -0.2) is 0 Å². The predicted molar refractivity (Wildman–Crippen MR) is 71.5 cm³/mol. The second kappa shape index (κ2) is 5.73. The molecule has 2 N–H and O–H groups in total. The van der Waals surface area contributed by atoms with Crippen LogP contribution in [0.3, 0.4) is 0 Å². The molecule has 0 fully saturated rings. The topological polar surface area (TPSA) is 69.4 Å². The number of hydrogen-bond acceptors (Lipinski definition) is 4. The number of rotatable bonds is 3. The van der Waals surface area contributed by atoms with E-state index < -0.39 is 5.24 Å². The van der Waals surface area contributed by atoms with Crippen LogP contribution in [0.1, 0.15) is 17.5 Å². The van der Waals surface area contributed by atoms with Crippen LogP contribution in [0.2, 0.25) is 0 Å². The van der Waals surface area contributed by atoms with E-state index in [1.54, 1.807) is 6.08 Å². The number of benzene rings is 1. The van der Waals surface area contributed by atoms with E-state index in [9.17, 15) is 9.59 Å². The molecule has 4 nitrogen and oxygen atoms in total. The third-order valence-corrected chi connectivity index (χ3v) is 3.23. The molecular weight excluding hydrogens is 250 g/mol. The van der Waals surface area contributed by atoms with E-state index in [2.05, 4.69) is 0 Å². The van der Waals surface area contributed by atoms with Crippen molar-refractivity contribution in [3.05, 3.63) is 34.2 Å². The third-order valence-electron chi connectivity index (χ3n) is 2.58. The maximum Gasteiger partial charge on any atom is 0.281 e. The number of ether oxygens (including phenoxy) is 1. The van der Waals surface area contributed by atoms with E-state index in [4.69, 9.17) is 10.5 Å². The molecule has 5 heteroatoms. The van der Waals surface area contributed by atoms with E-state index in [1.807, 2.05) is 18.2 Å². The highest BCUT2D eigenvalue weighted by Gasteiger charge is 2.10. The summed E-state index contributed by atoms with van der Waals surface area (Å²) in [6, 6.07) is 5.71. The fourth-order valence-corrected chi connectivity index (χ4v) is 2.31. The number of aldehydes is 1. The van der Waals surface area contributed by atoms with Crippen LogP contribution in [0.4, 0.5) is 4.79 Å². The van der Waals surface area contributed by atoms with Gasteiger partial charge in [0.25, 0.3) is 5.24 Å². The van der Waals surface area contributed by atoms with Crippen LogP contribution in [0.15, 0.2) is 23.1 Å². The van der Waals surface area contributed by atoms with Gasteiger partial charge in [0, 0.05) is 0 Å². The Bertz CT molecular complexity index is 511. The largest absolute Gasteiger partial charge is 0.493 e. The van der Waals surface area contributed by atoms with E-state index in [0.717, 1.165) is 48.1 Å². The summed E-state index contributed by atoms with van der Waals surface area (Å²) in [7, 11) is 0. The van der Waals surface area contributed by atoms with Gasteiger partial charge in [0.1, 0.15) is 5.75 Å². The molecule has 0 aromatic heterocycles. The van der Waals surface area contributed by atoms with Crippen molar-refractivity contribution in [3.8, 4) is 5.75 Å². The molecule has 1 amide bonds. The van der Waals surface area contributed by atoms with Gasteiger partial charge in [-0.2, -0.15) is 0 Å². The normalized spacial score (nSPS) is 14.6. The molecule has 0 aliphatic carbocycles. The Morgan fingerprint density at radius 2 is 2.28 bits per heavy atom. The molecule has 1 aliphatic heterocycles. The first-order chi connectivity index (χ1) is 8.69. The van der Waals surface area contributed by atoms with Crippen LogP contribution < -0.4 is 10.5 Å². The molecule has 18 heavy (non-hydrogen) atoms. The summed E-state index contributed by atoms with van der Waals surface area (Å²) >= 11 is 0.732. The first-order valence-corrected chi connectivity index (χ1v) is 6.40. The molecule has 1 aliphatic rings. The van der Waals surface area contributed by atoms with Gasteiger partial charge in [0.15, 0.2) is 6.29 Å². The lowest BCUT2D eigenvalue weighted by atomic mass is 10.0. The summed E-state index contributed by atoms with van der Waals surface area (Å²) in [6.45, 7) is 0.749. The summed E-state index contributed by atoms with van der Waals surface area (Å²) in [5.74, 6) is 0.897. The van der Waals surface area contributed by atoms with Crippen LogP contribution >= 0.6 is 11.8 Å². The van der Waals surface area contributed by atoms with Crippen molar-refractivity contribution in [2.45, 2.75) is 12.8 Å². The Morgan fingerprint density at radius 3 is 3.00 bits per heavy atom. The number of hydrogen-bond donors (Lipinski definition) is 1. The monoisotopic (exact) mass is 263 g/mol. The first kappa shape index (κ1) is 12.7. The maximum atomic E-state index is 10.8. The summed E-state index contributed by atoms with van der Waals surface area (Å²) in [5.41, 5.74) is 7.04. The van der Waals surface area contributed by atoms with Gasteiger partial charge in [-0.3, -0.25) is 9.59 Å². The quantitative estimate of drug-likeness (QED) is 0.671. The molecule has 0 bridgehead atoms. The Hall–Kier alpha value is -1.75. The van der Waals surface area contributed by atoms with Gasteiger partial charge in [-0.15, -0.1) is 0 Å². The molecule has 0 atom stereocenters. The first-order valence-electron chi connectivity index (χ1n) is 5.59. The average molecular weight is 263 g/mol. The Labute approximate surface area is 109 Å². The summed E-state index contributed by atoms with van der Waals surface area (Å²) in [6.07, 6.45) is 4.25. The average Bonchev–Trinajstić information content (AvgIpc) is 2.37. The summed E-state index contributed by atoms with van der Waals surface area (Å²) in [5, 5.41) is -0.588. The third kappa shape index (κ3) is 3.13. The molecule has 0 radical (unpaired) electrons. The molecule has 0 saturated carbocycles. The molecule has 0 unspecified atom stereocenters. The van der Waals surface area contributed by atoms with Gasteiger partial charge in [0.05, 0.1) is 11.5 Å². The highest BCUT2D eigenvalue weighted by molar-refractivity contribution is 8.17. The molecular formula is C13H13NO3S. The number of primary amides is 1. The van der Waals surface area contributed by atoms with Gasteiger partial charge < -0.3 is 10.5 Å². The Balaban J connectivity index is 2.25. The second-order valence-electron chi connectivity index (χ2n) is 3.90. The van der Waals surface area contributed by atoms with Crippen LogP contribution in [-0.2, 0) is 11.2 Å². The zero-order valence-corrected chi connectivity index (χ0v) is 10.5. The Kier molecular flexibility index (Phi) is 4.04. The van der Waals surface area contributed by atoms with E-state index in [-0.39, 0.29) is 0 Å². The maximum absolute atomic E-state index is 10.8. The lowest BCUT2D eigenvalue weighted by Crippen LogP contribution is -2.08. The zero-order chi connectivity index (χ0) is 13.0. The molecule has 94 valence electrons. The number of allylic oxidation sites excluding steroid dienone is 1. The van der Waals surface area contributed by atoms with Crippen molar-refractivity contribution in [3.63, 3.8) is 0 Å². The van der Waals surface area contributed by atoms with Crippen molar-refractivity contribution in [2.24, 2.45) is 5.73 Å². The Morgan fingerprint density at radius 1 is 1.44 bits per heavy atom. The number of thioether (sulfide) groups is 1. The molecule has 1 aromatic carbocycles. The van der Waals surface area contributed by atoms with E-state index >= 15 is 0 Å². The van der Waals surface area contributed by atoms with Crippen molar-refractivity contribution in [1.29, 1.82) is 0 Å². The molecule has 2 rings (SSSR count). The van der Waals surface area contributed by atoms with Gasteiger partial charge >= 0.3 is 0 Å². The second-order valence-corrected chi connectivity index (χ2v) is 4.98. The number of nitrogens with two attached hydrogens (primary N) is 1. The van der Waals surface area contributed by atoms with E-state index in [0.29, 0.717) is 11.2 Å². The smallest absolute Gasteiger partial charge is 0.281 e. The fourth-order valence-electron chi connectivity index (χ4n) is 1.84. The van der Waals surface area contributed by atoms with Crippen LogP contribution in [0, 0.1) is 0 Å². The fraction of sp³-hybridized carbons (Fsp3) is 0.231. The molecule has 0 saturated heterocycles. The lowest BCUT2D eigenvalue weighted by molar-refractivity contribution is -0.104. The van der Waals surface area contributed by atoms with Crippen LogP contribution in [0.5, 0.6) is 5.75 Å². The van der Waals surface area contributed by atoms with Crippen LogP contribution in [-0.4, -0.2) is 18.1 Å². The minimum atomic E-state index is -0.588. The lowest BCUT2D eigenvalue weighted by Gasteiger charge is -2.17.